The fourth-order valence-corrected chi connectivity index (χ4v) is 4.47. The number of aromatic nitrogens is 3. The molecule has 0 aliphatic rings. The van der Waals surface area contributed by atoms with Crippen molar-refractivity contribution in [2.24, 2.45) is 0 Å². The summed E-state index contributed by atoms with van der Waals surface area (Å²) in [6, 6.07) is 0. The number of hydrogen-bond acceptors (Lipinski definition) is 7. The predicted octanol–water partition coefficient (Wildman–Crippen LogP) is 7.52. The minimum absolute atomic E-state index is 0.0110. The summed E-state index contributed by atoms with van der Waals surface area (Å²) in [6.07, 6.45) is 11.4. The van der Waals surface area contributed by atoms with Crippen LogP contribution in [0, 0.1) is 13.8 Å². The summed E-state index contributed by atoms with van der Waals surface area (Å²) < 4.78 is 36.9. The van der Waals surface area contributed by atoms with Crippen LogP contribution in [0.2, 0.25) is 0 Å². The molecule has 0 saturated carbocycles. The molecule has 2 heterocycles. The van der Waals surface area contributed by atoms with Crippen LogP contribution in [0.4, 0.5) is 8.78 Å². The number of alkyl halides is 2. The van der Waals surface area contributed by atoms with Crippen LogP contribution >= 0.6 is 21.2 Å². The Kier molecular flexibility index (Phi) is 11.9. The lowest BCUT2D eigenvalue weighted by molar-refractivity contribution is 0.0997. The Labute approximate surface area is 237 Å². The summed E-state index contributed by atoms with van der Waals surface area (Å²) in [7, 11) is 3.14. The van der Waals surface area contributed by atoms with E-state index >= 15 is 0 Å². The Balaban J connectivity index is 2.43. The molecule has 2 aromatic heterocycles. The van der Waals surface area contributed by atoms with Crippen LogP contribution in [0.1, 0.15) is 63.4 Å². The first-order valence-corrected chi connectivity index (χ1v) is 13.9. The third kappa shape index (κ3) is 9.00. The predicted molar refractivity (Wildman–Crippen MR) is 161 cm³/mol. The average Bonchev–Trinajstić information content (AvgIpc) is 3.17. The van der Waals surface area contributed by atoms with Gasteiger partial charge < -0.3 is 10.1 Å². The maximum Gasteiger partial charge on any atom is 0.287 e. The first-order chi connectivity index (χ1) is 18.2. The van der Waals surface area contributed by atoms with Crippen LogP contribution in [-0.2, 0) is 16.0 Å². The minimum atomic E-state index is -3.18. The van der Waals surface area contributed by atoms with E-state index < -0.39 is 11.2 Å². The van der Waals surface area contributed by atoms with Crippen LogP contribution in [0.25, 0.3) is 5.70 Å². The number of allylic oxidation sites excluding steroid dienone is 3. The molecule has 0 aromatic carbocycles. The second kappa shape index (κ2) is 14.2. The second-order valence-corrected chi connectivity index (χ2v) is 11.4. The van der Waals surface area contributed by atoms with Gasteiger partial charge in [-0.2, -0.15) is 13.9 Å². The van der Waals surface area contributed by atoms with E-state index in [1.54, 1.807) is 28.0 Å². The van der Waals surface area contributed by atoms with Gasteiger partial charge in [0.25, 0.3) is 5.66 Å². The number of pyridine rings is 1. The van der Waals surface area contributed by atoms with E-state index in [4.69, 9.17) is 14.7 Å². The molecule has 39 heavy (non-hydrogen) atoms. The summed E-state index contributed by atoms with van der Waals surface area (Å²) in [5, 5.41) is 8.31. The molecule has 0 aliphatic carbocycles. The molecule has 0 amide bonds. The van der Waals surface area contributed by atoms with Crippen molar-refractivity contribution in [3.63, 3.8) is 0 Å². The van der Waals surface area contributed by atoms with E-state index in [-0.39, 0.29) is 11.3 Å². The van der Waals surface area contributed by atoms with E-state index in [1.165, 1.54) is 24.3 Å². The van der Waals surface area contributed by atoms with Crippen molar-refractivity contribution >= 4 is 26.9 Å². The van der Waals surface area contributed by atoms with Gasteiger partial charge in [0.1, 0.15) is 5.69 Å². The molecular formula is C28H40F2N5O2PS. The van der Waals surface area contributed by atoms with Crippen molar-refractivity contribution in [1.29, 1.82) is 0 Å². The maximum absolute atomic E-state index is 14.5. The molecule has 11 heteroatoms. The summed E-state index contributed by atoms with van der Waals surface area (Å²) >= 11 is 1.36. The van der Waals surface area contributed by atoms with Crippen LogP contribution in [0.3, 0.4) is 0 Å². The Hall–Kier alpha value is -2.52. The van der Waals surface area contributed by atoms with Crippen molar-refractivity contribution in [1.82, 2.24) is 25.0 Å². The lowest BCUT2D eigenvalue weighted by atomic mass is 10.1. The fourth-order valence-electron chi connectivity index (χ4n) is 3.66. The second-order valence-electron chi connectivity index (χ2n) is 9.87. The summed E-state index contributed by atoms with van der Waals surface area (Å²) in [5.41, 5.74) is -0.503. The van der Waals surface area contributed by atoms with Gasteiger partial charge in [-0.3, -0.25) is 9.82 Å². The number of aryl methyl sites for hydroxylation is 1. The first kappa shape index (κ1) is 32.7. The third-order valence-electron chi connectivity index (χ3n) is 5.52. The quantitative estimate of drug-likeness (QED) is 0.110. The smallest absolute Gasteiger partial charge is 0.287 e. The van der Waals surface area contributed by atoms with E-state index in [0.29, 0.717) is 23.7 Å². The molecule has 214 valence electrons. The number of halogens is 2. The van der Waals surface area contributed by atoms with Crippen molar-refractivity contribution < 1.29 is 18.4 Å². The Morgan fingerprint density at radius 3 is 2.49 bits per heavy atom. The molecule has 2 N–H and O–H groups in total. The lowest BCUT2D eigenvalue weighted by Gasteiger charge is -2.24. The molecule has 2 rings (SSSR count). The molecule has 0 spiro atoms. The van der Waals surface area contributed by atoms with Crippen LogP contribution < -0.4 is 14.9 Å². The van der Waals surface area contributed by atoms with Crippen LogP contribution in [0.15, 0.2) is 53.8 Å². The Morgan fingerprint density at radius 2 is 1.92 bits per heavy atom. The number of ether oxygens (including phenoxy) is 1. The van der Waals surface area contributed by atoms with Crippen LogP contribution in [0.5, 0.6) is 11.6 Å². The zero-order valence-corrected chi connectivity index (χ0v) is 26.0. The molecule has 0 radical (unpaired) electrons. The monoisotopic (exact) mass is 579 g/mol. The van der Waals surface area contributed by atoms with Crippen molar-refractivity contribution in [2.45, 2.75) is 66.1 Å². The summed E-state index contributed by atoms with van der Waals surface area (Å²) in [5.74, 6) is 0.367. The summed E-state index contributed by atoms with van der Waals surface area (Å²) in [6.45, 7) is 18.0. The first-order valence-electron chi connectivity index (χ1n) is 12.6. The van der Waals surface area contributed by atoms with Gasteiger partial charge in [0.15, 0.2) is 5.75 Å². The minimum Gasteiger partial charge on any atom is -0.437 e. The normalized spacial score (nSPS) is 13.3. The highest BCUT2D eigenvalue weighted by molar-refractivity contribution is 8.01. The zero-order valence-electron chi connectivity index (χ0n) is 24.0. The highest BCUT2D eigenvalue weighted by Crippen LogP contribution is 2.44. The number of nitrogens with zero attached hydrogens (tertiary/aromatic N) is 3. The molecule has 7 nitrogen and oxygen atoms in total. The molecular weight excluding hydrogens is 539 g/mol. The highest BCUT2D eigenvalue weighted by Gasteiger charge is 2.33. The van der Waals surface area contributed by atoms with E-state index in [2.05, 4.69) is 21.8 Å². The van der Waals surface area contributed by atoms with Gasteiger partial charge in [-0.25, -0.2) is 4.68 Å². The van der Waals surface area contributed by atoms with Crippen molar-refractivity contribution in [3.05, 3.63) is 76.1 Å². The third-order valence-corrected chi connectivity index (χ3v) is 6.67. The van der Waals surface area contributed by atoms with Crippen LogP contribution in [-0.4, -0.2) is 28.4 Å². The standard InChI is InChI=1S/C28H40F2N5O2PS/c1-10-12-22(32-15-18(3)13-14-21(11-2)39-34-36-9)25-20(5)26(35(33-25)27(6,7)8)37-23-17-31-16-19(4)24(23)28(29,30)38/h11-14,16-17,32,34H,3,10,15,38H2,1-2,4-9H3/b14-13-,21-11+,22-12+. The fraction of sp³-hybridized carbons (Fsp3) is 0.429. The SMILES string of the molecule is C=C(/C=C\C(=C/C)SNOC)CN/C(=C/CC)c1nn(C(C)(C)C)c(Oc2cncc(C)c2C(F)(F)P)c1C. The zero-order chi connectivity index (χ0) is 29.4. The van der Waals surface area contributed by atoms with Gasteiger partial charge in [0, 0.05) is 23.2 Å². The Morgan fingerprint density at radius 1 is 1.23 bits per heavy atom. The molecule has 2 aromatic rings. The van der Waals surface area contributed by atoms with Gasteiger partial charge in [-0.1, -0.05) is 41.0 Å². The topological polar surface area (TPSA) is 73.2 Å². The lowest BCUT2D eigenvalue weighted by Crippen LogP contribution is -2.24. The van der Waals surface area contributed by atoms with E-state index in [0.717, 1.165) is 28.2 Å². The van der Waals surface area contributed by atoms with E-state index in [1.807, 2.05) is 65.8 Å². The van der Waals surface area contributed by atoms with Gasteiger partial charge in [-0.05, 0) is 77.1 Å². The average molecular weight is 580 g/mol. The molecule has 0 fully saturated rings. The molecule has 0 bridgehead atoms. The van der Waals surface area contributed by atoms with Crippen molar-refractivity contribution in [3.8, 4) is 11.6 Å². The maximum atomic E-state index is 14.5. The van der Waals surface area contributed by atoms with Gasteiger partial charge in [0.2, 0.25) is 5.88 Å². The van der Waals surface area contributed by atoms with E-state index in [9.17, 15) is 8.78 Å². The van der Waals surface area contributed by atoms with Crippen molar-refractivity contribution in [2.75, 3.05) is 13.7 Å². The molecule has 0 saturated heterocycles. The van der Waals surface area contributed by atoms with Gasteiger partial charge in [0.05, 0.1) is 30.1 Å². The molecule has 1 atom stereocenters. The number of nitrogens with one attached hydrogen (secondary N) is 2. The number of hydrogen-bond donors (Lipinski definition) is 2. The molecule has 1 unspecified atom stereocenters. The largest absolute Gasteiger partial charge is 0.437 e. The molecule has 0 aliphatic heterocycles. The number of rotatable bonds is 13. The summed E-state index contributed by atoms with van der Waals surface area (Å²) in [4.78, 5) is 12.7. The highest BCUT2D eigenvalue weighted by atomic mass is 32.2. The Bertz CT molecular complexity index is 1240. The van der Waals surface area contributed by atoms with Gasteiger partial charge in [-0.15, -0.1) is 4.89 Å². The van der Waals surface area contributed by atoms with Gasteiger partial charge >= 0.3 is 0 Å².